The summed E-state index contributed by atoms with van der Waals surface area (Å²) in [5, 5.41) is 3.28. The second-order valence-corrected chi connectivity index (χ2v) is 4.54. The molecular formula is C12H16Cl2F2N2. The normalized spacial score (nSPS) is 18.2. The molecule has 0 spiro atoms. The third-order valence-corrected chi connectivity index (χ3v) is 3.37. The van der Waals surface area contributed by atoms with Gasteiger partial charge in [0, 0.05) is 26.2 Å². The van der Waals surface area contributed by atoms with Crippen molar-refractivity contribution in [3.05, 3.63) is 34.6 Å². The second-order valence-electron chi connectivity index (χ2n) is 4.13. The van der Waals surface area contributed by atoms with Crippen molar-refractivity contribution in [2.75, 3.05) is 32.9 Å². The van der Waals surface area contributed by atoms with Crippen molar-refractivity contribution < 1.29 is 8.78 Å². The standard InChI is InChI=1S/C12H15ClF2N2.ClH/c13-10-2-1-9(7-11(10)15)12(8-14)17-5-3-16-4-6-17;/h1-2,7,12,16H,3-6,8H2;1H/t12-;/m0./s1. The molecule has 0 aromatic heterocycles. The van der Waals surface area contributed by atoms with Crippen molar-refractivity contribution in [1.29, 1.82) is 0 Å². The predicted octanol–water partition coefficient (Wildman–Crippen LogP) is 2.82. The minimum atomic E-state index is -0.513. The maximum Gasteiger partial charge on any atom is 0.142 e. The van der Waals surface area contributed by atoms with Crippen LogP contribution in [0.4, 0.5) is 8.78 Å². The van der Waals surface area contributed by atoms with Crippen LogP contribution in [-0.4, -0.2) is 37.8 Å². The highest BCUT2D eigenvalue weighted by Crippen LogP contribution is 2.25. The van der Waals surface area contributed by atoms with E-state index in [2.05, 4.69) is 5.32 Å². The maximum atomic E-state index is 13.4. The van der Waals surface area contributed by atoms with Crippen LogP contribution in [0.25, 0.3) is 0 Å². The summed E-state index contributed by atoms with van der Waals surface area (Å²) >= 11 is 5.62. The lowest BCUT2D eigenvalue weighted by molar-refractivity contribution is 0.147. The molecule has 1 N–H and O–H groups in total. The number of hydrogen-bond acceptors (Lipinski definition) is 2. The average Bonchev–Trinajstić information content (AvgIpc) is 2.36. The summed E-state index contributed by atoms with van der Waals surface area (Å²) in [6, 6.07) is 4.13. The van der Waals surface area contributed by atoms with E-state index in [0.29, 0.717) is 5.56 Å². The number of nitrogens with zero attached hydrogens (tertiary/aromatic N) is 1. The van der Waals surface area contributed by atoms with E-state index in [4.69, 9.17) is 11.6 Å². The molecule has 1 aliphatic rings. The van der Waals surface area contributed by atoms with Gasteiger partial charge in [0.25, 0.3) is 0 Å². The highest BCUT2D eigenvalue weighted by atomic mass is 35.5. The van der Waals surface area contributed by atoms with Gasteiger partial charge in [-0.05, 0) is 17.7 Å². The van der Waals surface area contributed by atoms with Gasteiger partial charge < -0.3 is 5.32 Å². The van der Waals surface area contributed by atoms with Crippen LogP contribution >= 0.6 is 24.0 Å². The van der Waals surface area contributed by atoms with E-state index in [1.165, 1.54) is 12.1 Å². The van der Waals surface area contributed by atoms with Gasteiger partial charge in [0.15, 0.2) is 0 Å². The van der Waals surface area contributed by atoms with Gasteiger partial charge in [0.2, 0.25) is 0 Å². The molecule has 0 amide bonds. The van der Waals surface area contributed by atoms with E-state index in [1.54, 1.807) is 6.07 Å². The molecule has 102 valence electrons. The van der Waals surface area contributed by atoms with E-state index in [1.807, 2.05) is 4.90 Å². The minimum absolute atomic E-state index is 0. The van der Waals surface area contributed by atoms with Crippen LogP contribution in [0.2, 0.25) is 5.02 Å². The Kier molecular flexibility index (Phi) is 6.29. The Hall–Kier alpha value is -0.420. The predicted molar refractivity (Wildman–Crippen MR) is 71.8 cm³/mol. The molecule has 1 aliphatic heterocycles. The van der Waals surface area contributed by atoms with Gasteiger partial charge in [0.05, 0.1) is 11.1 Å². The quantitative estimate of drug-likeness (QED) is 0.923. The Morgan fingerprint density at radius 3 is 2.56 bits per heavy atom. The lowest BCUT2D eigenvalue weighted by atomic mass is 10.1. The molecule has 1 aromatic rings. The van der Waals surface area contributed by atoms with E-state index in [9.17, 15) is 8.78 Å². The van der Waals surface area contributed by atoms with Crippen molar-refractivity contribution >= 4 is 24.0 Å². The first-order valence-corrected chi connectivity index (χ1v) is 6.06. The van der Waals surface area contributed by atoms with Crippen LogP contribution < -0.4 is 5.32 Å². The number of benzene rings is 1. The fraction of sp³-hybridized carbons (Fsp3) is 0.500. The van der Waals surface area contributed by atoms with Crippen molar-refractivity contribution in [3.8, 4) is 0 Å². The van der Waals surface area contributed by atoms with E-state index in [0.717, 1.165) is 26.2 Å². The largest absolute Gasteiger partial charge is 0.314 e. The van der Waals surface area contributed by atoms with Crippen molar-refractivity contribution in [2.45, 2.75) is 6.04 Å². The molecule has 0 radical (unpaired) electrons. The first-order valence-electron chi connectivity index (χ1n) is 5.68. The molecule has 0 saturated carbocycles. The van der Waals surface area contributed by atoms with E-state index < -0.39 is 12.5 Å². The molecule has 0 aliphatic carbocycles. The monoisotopic (exact) mass is 296 g/mol. The summed E-state index contributed by atoms with van der Waals surface area (Å²) in [5.41, 5.74) is 0.649. The Balaban J connectivity index is 0.00000162. The fourth-order valence-corrected chi connectivity index (χ4v) is 2.23. The summed E-state index contributed by atoms with van der Waals surface area (Å²) in [7, 11) is 0. The summed E-state index contributed by atoms with van der Waals surface area (Å²) in [6.07, 6.45) is 0. The zero-order valence-corrected chi connectivity index (χ0v) is 11.4. The molecule has 1 atom stereocenters. The third-order valence-electron chi connectivity index (χ3n) is 3.07. The van der Waals surface area contributed by atoms with Gasteiger partial charge in [-0.25, -0.2) is 8.78 Å². The highest BCUT2D eigenvalue weighted by Gasteiger charge is 2.22. The second kappa shape index (κ2) is 7.24. The first-order chi connectivity index (χ1) is 8.22. The molecule has 0 unspecified atom stereocenters. The SMILES string of the molecule is Cl.FC[C@@H](c1ccc(Cl)c(F)c1)N1CCNCC1. The smallest absolute Gasteiger partial charge is 0.142 e. The topological polar surface area (TPSA) is 15.3 Å². The van der Waals surface area contributed by atoms with Crippen LogP contribution in [-0.2, 0) is 0 Å². The zero-order valence-electron chi connectivity index (χ0n) is 9.83. The molecule has 2 rings (SSSR count). The van der Waals surface area contributed by atoms with Gasteiger partial charge in [-0.15, -0.1) is 12.4 Å². The molecule has 18 heavy (non-hydrogen) atoms. The lowest BCUT2D eigenvalue weighted by Gasteiger charge is -2.33. The van der Waals surface area contributed by atoms with Gasteiger partial charge >= 0.3 is 0 Å². The summed E-state index contributed by atoms with van der Waals surface area (Å²) in [4.78, 5) is 2.03. The van der Waals surface area contributed by atoms with Crippen LogP contribution in [0.15, 0.2) is 18.2 Å². The Morgan fingerprint density at radius 1 is 1.33 bits per heavy atom. The van der Waals surface area contributed by atoms with Crippen molar-refractivity contribution in [1.82, 2.24) is 10.2 Å². The lowest BCUT2D eigenvalue weighted by Crippen LogP contribution is -2.45. The van der Waals surface area contributed by atoms with Crippen molar-refractivity contribution in [2.24, 2.45) is 0 Å². The van der Waals surface area contributed by atoms with Crippen LogP contribution in [0, 0.1) is 5.82 Å². The van der Waals surface area contributed by atoms with Crippen LogP contribution in [0.1, 0.15) is 11.6 Å². The van der Waals surface area contributed by atoms with Crippen LogP contribution in [0.3, 0.4) is 0 Å². The van der Waals surface area contributed by atoms with Gasteiger partial charge in [-0.2, -0.15) is 0 Å². The third kappa shape index (κ3) is 3.54. The van der Waals surface area contributed by atoms with Gasteiger partial charge in [-0.3, -0.25) is 4.90 Å². The molecule has 1 fully saturated rings. The Labute approximate surface area is 117 Å². The fourth-order valence-electron chi connectivity index (χ4n) is 2.11. The minimum Gasteiger partial charge on any atom is -0.314 e. The molecule has 1 saturated heterocycles. The molecule has 2 nitrogen and oxygen atoms in total. The number of alkyl halides is 1. The molecule has 1 aromatic carbocycles. The molecule has 6 heteroatoms. The number of rotatable bonds is 3. The van der Waals surface area contributed by atoms with E-state index in [-0.39, 0.29) is 23.5 Å². The average molecular weight is 297 g/mol. The summed E-state index contributed by atoms with van der Waals surface area (Å²) in [5.74, 6) is -0.488. The Morgan fingerprint density at radius 2 is 2.00 bits per heavy atom. The van der Waals surface area contributed by atoms with Crippen molar-refractivity contribution in [3.63, 3.8) is 0 Å². The van der Waals surface area contributed by atoms with Gasteiger partial charge in [-0.1, -0.05) is 17.7 Å². The molecule has 0 bridgehead atoms. The van der Waals surface area contributed by atoms with E-state index >= 15 is 0 Å². The summed E-state index contributed by atoms with van der Waals surface area (Å²) in [6.45, 7) is 2.72. The first kappa shape index (κ1) is 15.6. The summed E-state index contributed by atoms with van der Waals surface area (Å²) < 4.78 is 26.5. The highest BCUT2D eigenvalue weighted by molar-refractivity contribution is 6.30. The van der Waals surface area contributed by atoms with Crippen LogP contribution in [0.5, 0.6) is 0 Å². The number of nitrogens with one attached hydrogen (secondary N) is 1. The Bertz CT molecular complexity index is 384. The molecule has 1 heterocycles. The number of piperazine rings is 1. The zero-order chi connectivity index (χ0) is 12.3. The molecular weight excluding hydrogens is 281 g/mol. The van der Waals surface area contributed by atoms with Gasteiger partial charge in [0.1, 0.15) is 12.5 Å². The number of halogens is 4. The maximum absolute atomic E-state index is 13.4. The number of hydrogen-bond donors (Lipinski definition) is 1.